The molecule has 112 valence electrons. The second-order valence-corrected chi connectivity index (χ2v) is 4.73. The van der Waals surface area contributed by atoms with E-state index in [1.54, 1.807) is 0 Å². The topological polar surface area (TPSA) is 96.6 Å². The molecule has 0 bridgehead atoms. The van der Waals surface area contributed by atoms with Crippen LogP contribution in [0.3, 0.4) is 0 Å². The number of hydrogen-bond acceptors (Lipinski definition) is 4. The maximum Gasteiger partial charge on any atom is 0.312 e. The van der Waals surface area contributed by atoms with Crippen molar-refractivity contribution in [2.45, 2.75) is 20.0 Å². The molecule has 2 amide bonds. The third-order valence-electron chi connectivity index (χ3n) is 2.74. The van der Waals surface area contributed by atoms with Crippen molar-refractivity contribution in [3.63, 3.8) is 0 Å². The highest BCUT2D eigenvalue weighted by molar-refractivity contribution is 5.71. The molecule has 0 spiro atoms. The molecular formula is C14H23N3O3. The van der Waals surface area contributed by atoms with Gasteiger partial charge in [0.1, 0.15) is 18.5 Å². The minimum atomic E-state index is -0.607. The fourth-order valence-corrected chi connectivity index (χ4v) is 1.75. The molecule has 1 rings (SSSR count). The zero-order valence-electron chi connectivity index (χ0n) is 12.0. The van der Waals surface area contributed by atoms with Crippen molar-refractivity contribution in [3.8, 4) is 5.75 Å². The molecule has 1 aromatic rings. The van der Waals surface area contributed by atoms with E-state index in [1.165, 1.54) is 5.56 Å². The van der Waals surface area contributed by atoms with Crippen molar-refractivity contribution in [1.29, 1.82) is 0 Å². The fraction of sp³-hybridized carbons (Fsp3) is 0.500. The van der Waals surface area contributed by atoms with Crippen LogP contribution in [0.2, 0.25) is 0 Å². The van der Waals surface area contributed by atoms with E-state index in [2.05, 4.69) is 10.6 Å². The second-order valence-electron chi connectivity index (χ2n) is 4.73. The maximum atomic E-state index is 10.4. The quantitative estimate of drug-likeness (QED) is 0.515. The third-order valence-corrected chi connectivity index (χ3v) is 2.74. The highest BCUT2D eigenvalue weighted by atomic mass is 16.5. The molecule has 5 N–H and O–H groups in total. The molecular weight excluding hydrogens is 258 g/mol. The molecule has 0 aliphatic carbocycles. The number of primary amides is 1. The van der Waals surface area contributed by atoms with Gasteiger partial charge in [0.05, 0.1) is 0 Å². The maximum absolute atomic E-state index is 10.4. The molecule has 0 aliphatic rings. The summed E-state index contributed by atoms with van der Waals surface area (Å²) >= 11 is 0. The molecule has 0 radical (unpaired) electrons. The lowest BCUT2D eigenvalue weighted by Gasteiger charge is -2.15. The number of amides is 2. The Morgan fingerprint density at radius 3 is 2.80 bits per heavy atom. The number of nitrogens with two attached hydrogens (primary N) is 1. The van der Waals surface area contributed by atoms with Crippen molar-refractivity contribution >= 4 is 6.03 Å². The minimum Gasteiger partial charge on any atom is -0.491 e. The number of urea groups is 1. The largest absolute Gasteiger partial charge is 0.491 e. The van der Waals surface area contributed by atoms with E-state index in [-0.39, 0.29) is 6.61 Å². The first-order chi connectivity index (χ1) is 9.49. The molecule has 0 saturated carbocycles. The van der Waals surface area contributed by atoms with Crippen molar-refractivity contribution in [3.05, 3.63) is 29.3 Å². The summed E-state index contributed by atoms with van der Waals surface area (Å²) in [5.74, 6) is 0.782. The van der Waals surface area contributed by atoms with Crippen LogP contribution in [0, 0.1) is 13.8 Å². The van der Waals surface area contributed by atoms with Crippen LogP contribution in [0.1, 0.15) is 11.1 Å². The SMILES string of the molecule is Cc1ccc(OCC(O)CNCCNC(N)=O)c(C)c1. The van der Waals surface area contributed by atoms with Gasteiger partial charge in [-0.3, -0.25) is 0 Å². The van der Waals surface area contributed by atoms with Gasteiger partial charge in [0.15, 0.2) is 0 Å². The van der Waals surface area contributed by atoms with E-state index in [9.17, 15) is 9.90 Å². The van der Waals surface area contributed by atoms with Gasteiger partial charge in [-0.05, 0) is 25.5 Å². The van der Waals surface area contributed by atoms with Gasteiger partial charge in [-0.15, -0.1) is 0 Å². The van der Waals surface area contributed by atoms with E-state index in [4.69, 9.17) is 10.5 Å². The van der Waals surface area contributed by atoms with Crippen molar-refractivity contribution in [2.75, 3.05) is 26.2 Å². The van der Waals surface area contributed by atoms with E-state index < -0.39 is 12.1 Å². The van der Waals surface area contributed by atoms with E-state index in [0.717, 1.165) is 11.3 Å². The predicted octanol–water partition coefficient (Wildman–Crippen LogP) is 0.301. The van der Waals surface area contributed by atoms with Gasteiger partial charge in [-0.1, -0.05) is 17.7 Å². The normalized spacial score (nSPS) is 11.9. The number of benzene rings is 1. The molecule has 1 unspecified atom stereocenters. The van der Waals surface area contributed by atoms with Gasteiger partial charge in [-0.2, -0.15) is 0 Å². The minimum absolute atomic E-state index is 0.222. The fourth-order valence-electron chi connectivity index (χ4n) is 1.75. The summed E-state index contributed by atoms with van der Waals surface area (Å²) < 4.78 is 5.57. The summed E-state index contributed by atoms with van der Waals surface area (Å²) in [6, 6.07) is 5.37. The summed E-state index contributed by atoms with van der Waals surface area (Å²) in [7, 11) is 0. The highest BCUT2D eigenvalue weighted by Crippen LogP contribution is 2.18. The number of hydrogen-bond donors (Lipinski definition) is 4. The summed E-state index contributed by atoms with van der Waals surface area (Å²) in [4.78, 5) is 10.4. The Morgan fingerprint density at radius 2 is 2.15 bits per heavy atom. The third kappa shape index (κ3) is 6.40. The summed E-state index contributed by atoms with van der Waals surface area (Å²) in [6.07, 6.45) is -0.607. The van der Waals surface area contributed by atoms with Crippen molar-refractivity contribution in [1.82, 2.24) is 10.6 Å². The lowest BCUT2D eigenvalue weighted by molar-refractivity contribution is 0.106. The molecule has 6 heteroatoms. The van der Waals surface area contributed by atoms with Crippen LogP contribution in [0.25, 0.3) is 0 Å². The summed E-state index contributed by atoms with van der Waals surface area (Å²) in [6.45, 7) is 5.59. The molecule has 0 aromatic heterocycles. The number of aryl methyl sites for hydroxylation is 2. The van der Waals surface area contributed by atoms with Gasteiger partial charge in [0.2, 0.25) is 0 Å². The Bertz CT molecular complexity index is 438. The highest BCUT2D eigenvalue weighted by Gasteiger charge is 2.06. The number of carbonyl (C=O) groups excluding carboxylic acids is 1. The molecule has 1 aromatic carbocycles. The average molecular weight is 281 g/mol. The number of rotatable bonds is 8. The zero-order valence-corrected chi connectivity index (χ0v) is 12.0. The van der Waals surface area contributed by atoms with E-state index in [1.807, 2.05) is 32.0 Å². The number of aliphatic hydroxyl groups is 1. The van der Waals surface area contributed by atoms with Crippen molar-refractivity contribution < 1.29 is 14.6 Å². The van der Waals surface area contributed by atoms with Gasteiger partial charge in [0, 0.05) is 19.6 Å². The lowest BCUT2D eigenvalue weighted by Crippen LogP contribution is -2.38. The molecule has 0 aliphatic heterocycles. The van der Waals surface area contributed by atoms with Gasteiger partial charge in [0.25, 0.3) is 0 Å². The van der Waals surface area contributed by atoms with E-state index >= 15 is 0 Å². The molecule has 0 saturated heterocycles. The smallest absolute Gasteiger partial charge is 0.312 e. The van der Waals surface area contributed by atoms with Crippen LogP contribution in [0.4, 0.5) is 4.79 Å². The first-order valence-corrected chi connectivity index (χ1v) is 6.61. The Hall–Kier alpha value is -1.79. The first-order valence-electron chi connectivity index (χ1n) is 6.61. The summed E-state index contributed by atoms with van der Waals surface area (Å²) in [5, 5.41) is 15.2. The molecule has 0 fully saturated rings. The summed E-state index contributed by atoms with van der Waals surface area (Å²) in [5.41, 5.74) is 7.16. The molecule has 6 nitrogen and oxygen atoms in total. The van der Waals surface area contributed by atoms with Crippen LogP contribution < -0.4 is 21.1 Å². The molecule has 0 heterocycles. The second kappa shape index (κ2) is 8.39. The van der Waals surface area contributed by atoms with Crippen LogP contribution in [-0.2, 0) is 0 Å². The number of carbonyl (C=O) groups is 1. The van der Waals surface area contributed by atoms with Crippen LogP contribution >= 0.6 is 0 Å². The van der Waals surface area contributed by atoms with E-state index in [0.29, 0.717) is 19.6 Å². The molecule has 1 atom stereocenters. The van der Waals surface area contributed by atoms with Crippen LogP contribution in [-0.4, -0.2) is 43.5 Å². The number of nitrogens with one attached hydrogen (secondary N) is 2. The first kappa shape index (κ1) is 16.3. The number of aliphatic hydroxyl groups excluding tert-OH is 1. The zero-order chi connectivity index (χ0) is 15.0. The standard InChI is InChI=1S/C14H23N3O3/c1-10-3-4-13(11(2)7-10)20-9-12(18)8-16-5-6-17-14(15)19/h3-4,7,12,16,18H,5-6,8-9H2,1-2H3,(H3,15,17,19). The van der Waals surface area contributed by atoms with Crippen molar-refractivity contribution in [2.24, 2.45) is 5.73 Å². The van der Waals surface area contributed by atoms with Gasteiger partial charge >= 0.3 is 6.03 Å². The Morgan fingerprint density at radius 1 is 1.40 bits per heavy atom. The molecule has 20 heavy (non-hydrogen) atoms. The predicted molar refractivity (Wildman–Crippen MR) is 77.9 cm³/mol. The van der Waals surface area contributed by atoms with Crippen LogP contribution in [0.5, 0.6) is 5.75 Å². The van der Waals surface area contributed by atoms with Crippen LogP contribution in [0.15, 0.2) is 18.2 Å². The lowest BCUT2D eigenvalue weighted by atomic mass is 10.1. The van der Waals surface area contributed by atoms with Gasteiger partial charge in [-0.25, -0.2) is 4.79 Å². The Labute approximate surface area is 119 Å². The Kier molecular flexibility index (Phi) is 6.83. The average Bonchev–Trinajstić information content (AvgIpc) is 2.37. The number of ether oxygens (including phenoxy) is 1. The monoisotopic (exact) mass is 281 g/mol. The van der Waals surface area contributed by atoms with Gasteiger partial charge < -0.3 is 26.2 Å². The Balaban J connectivity index is 2.19.